The molecular weight excluding hydrogens is 665 g/mol. The molecule has 0 N–H and O–H groups in total. The number of piperidine rings is 1. The molecule has 46 heavy (non-hydrogen) atoms. The van der Waals surface area contributed by atoms with E-state index in [0.29, 0.717) is 61.4 Å². The summed E-state index contributed by atoms with van der Waals surface area (Å²) in [5.41, 5.74) is 0.755. The number of aryl methyl sites for hydroxylation is 1. The zero-order valence-corrected chi connectivity index (χ0v) is 27.2. The predicted molar refractivity (Wildman–Crippen MR) is 167 cm³/mol. The Balaban J connectivity index is 1.38. The first-order valence-electron chi connectivity index (χ1n) is 15.5. The average Bonchev–Trinajstić information content (AvgIpc) is 3.40. The number of carbonyl (C=O) groups is 4. The summed E-state index contributed by atoms with van der Waals surface area (Å²) in [6.07, 6.45) is 3.31. The van der Waals surface area contributed by atoms with Gasteiger partial charge in [0.05, 0.1) is 23.7 Å². The molecule has 1 saturated carbocycles. The number of hydrogen-bond acceptors (Lipinski definition) is 6. The number of ketones is 3. The highest BCUT2D eigenvalue weighted by atomic mass is 79.9. The van der Waals surface area contributed by atoms with E-state index < -0.39 is 23.3 Å². The second-order valence-corrected chi connectivity index (χ2v) is 13.7. The molecule has 1 aromatic carbocycles. The molecule has 1 amide bonds. The Morgan fingerprint density at radius 2 is 1.89 bits per heavy atom. The fourth-order valence-corrected chi connectivity index (χ4v) is 7.69. The Labute approximate surface area is 272 Å². The summed E-state index contributed by atoms with van der Waals surface area (Å²) in [5.74, 6) is -0.863. The highest BCUT2D eigenvalue weighted by Gasteiger charge is 2.66. The van der Waals surface area contributed by atoms with Gasteiger partial charge >= 0.3 is 6.18 Å². The zero-order valence-electron chi connectivity index (χ0n) is 25.6. The summed E-state index contributed by atoms with van der Waals surface area (Å²) in [5, 5.41) is 5.18. The van der Waals surface area contributed by atoms with Crippen LogP contribution in [0, 0.1) is 12.3 Å². The summed E-state index contributed by atoms with van der Waals surface area (Å²) in [7, 11) is 0. The van der Waals surface area contributed by atoms with Crippen molar-refractivity contribution in [1.29, 1.82) is 0 Å². The number of amides is 1. The Morgan fingerprint density at radius 3 is 2.63 bits per heavy atom. The Bertz CT molecular complexity index is 1800. The standard InChI is InChI=1S/C34H34BrF3N4O4/c1-19-9-10-28(34(36,37)38)39-25(19)15-27(45)26-16-33-12-11-23(44)8-6-4-3-5-7-21-13-22(35)14-24-31(20(2)43)40-41(32(21)24)18-30(46)42(26)29(33)17-33/h3,5,9-10,13-14,26,29H,4,6-8,11-12,15-18H2,1-2H3/b5-3+/t26-,29+,33-/m0/s1. The molecule has 1 saturated heterocycles. The summed E-state index contributed by atoms with van der Waals surface area (Å²) in [6.45, 7) is 2.80. The third-order valence-corrected chi connectivity index (χ3v) is 10.1. The van der Waals surface area contributed by atoms with Crippen molar-refractivity contribution < 1.29 is 32.3 Å². The molecule has 3 aromatic rings. The Morgan fingerprint density at radius 1 is 1.11 bits per heavy atom. The molecule has 8 nitrogen and oxygen atoms in total. The number of Topliss-reactive ketones (excluding diaryl/α,β-unsaturated/α-hetero) is 3. The number of rotatable bonds is 4. The van der Waals surface area contributed by atoms with E-state index >= 15 is 0 Å². The van der Waals surface area contributed by atoms with E-state index in [4.69, 9.17) is 0 Å². The molecule has 2 bridgehead atoms. The summed E-state index contributed by atoms with van der Waals surface area (Å²) in [4.78, 5) is 58.8. The van der Waals surface area contributed by atoms with Gasteiger partial charge in [-0.15, -0.1) is 0 Å². The minimum atomic E-state index is -4.66. The lowest BCUT2D eigenvalue weighted by molar-refractivity contribution is -0.141. The van der Waals surface area contributed by atoms with E-state index in [0.717, 1.165) is 22.5 Å². The van der Waals surface area contributed by atoms with Crippen LogP contribution in [-0.2, 0) is 39.9 Å². The molecule has 1 aliphatic carbocycles. The molecule has 242 valence electrons. The fourth-order valence-electron chi connectivity index (χ4n) is 7.18. The third kappa shape index (κ3) is 6.20. The van der Waals surface area contributed by atoms with Crippen LogP contribution in [-0.4, -0.2) is 55.0 Å². The largest absolute Gasteiger partial charge is 0.433 e. The summed E-state index contributed by atoms with van der Waals surface area (Å²) < 4.78 is 42.6. The van der Waals surface area contributed by atoms with Crippen LogP contribution in [0.3, 0.4) is 0 Å². The van der Waals surface area contributed by atoms with Gasteiger partial charge in [-0.25, -0.2) is 4.98 Å². The number of aromatic nitrogens is 3. The van der Waals surface area contributed by atoms with E-state index in [1.807, 2.05) is 18.2 Å². The van der Waals surface area contributed by atoms with Gasteiger partial charge in [0.15, 0.2) is 11.6 Å². The number of alkyl halides is 3. The minimum Gasteiger partial charge on any atom is -0.327 e. The Hall–Kier alpha value is -3.67. The van der Waals surface area contributed by atoms with Gasteiger partial charge in [0.1, 0.15) is 23.7 Å². The number of nitrogens with zero attached hydrogens (tertiary/aromatic N) is 4. The van der Waals surface area contributed by atoms with Crippen molar-refractivity contribution in [2.75, 3.05) is 0 Å². The topological polar surface area (TPSA) is 102 Å². The van der Waals surface area contributed by atoms with E-state index in [2.05, 4.69) is 26.0 Å². The molecule has 0 unspecified atom stereocenters. The first-order chi connectivity index (χ1) is 21.8. The van der Waals surface area contributed by atoms with Crippen LogP contribution < -0.4 is 0 Å². The van der Waals surface area contributed by atoms with Gasteiger partial charge in [-0.2, -0.15) is 18.3 Å². The maximum atomic E-state index is 14.2. The first-order valence-corrected chi connectivity index (χ1v) is 16.3. The van der Waals surface area contributed by atoms with Gasteiger partial charge in [-0.1, -0.05) is 34.1 Å². The van der Waals surface area contributed by atoms with E-state index in [9.17, 15) is 32.3 Å². The van der Waals surface area contributed by atoms with Crippen molar-refractivity contribution in [1.82, 2.24) is 19.7 Å². The van der Waals surface area contributed by atoms with Crippen LogP contribution in [0.15, 0.2) is 40.9 Å². The predicted octanol–water partition coefficient (Wildman–Crippen LogP) is 6.53. The molecule has 2 aromatic heterocycles. The highest BCUT2D eigenvalue weighted by Crippen LogP contribution is 2.62. The van der Waals surface area contributed by atoms with Crippen molar-refractivity contribution in [3.05, 3.63) is 69.1 Å². The van der Waals surface area contributed by atoms with Gasteiger partial charge in [0.25, 0.3) is 0 Å². The molecule has 3 atom stereocenters. The smallest absolute Gasteiger partial charge is 0.327 e. The van der Waals surface area contributed by atoms with Crippen LogP contribution in [0.2, 0.25) is 0 Å². The number of pyridine rings is 1. The Kier molecular flexibility index (Phi) is 8.54. The molecule has 6 rings (SSSR count). The van der Waals surface area contributed by atoms with Crippen LogP contribution in [0.1, 0.15) is 84.9 Å². The molecule has 12 heteroatoms. The second kappa shape index (κ2) is 12.2. The maximum Gasteiger partial charge on any atom is 0.433 e. The zero-order chi connectivity index (χ0) is 33.0. The molecule has 0 radical (unpaired) electrons. The van der Waals surface area contributed by atoms with Crippen molar-refractivity contribution in [3.8, 4) is 0 Å². The van der Waals surface area contributed by atoms with Crippen LogP contribution >= 0.6 is 15.9 Å². The van der Waals surface area contributed by atoms with E-state index in [1.54, 1.807) is 17.9 Å². The van der Waals surface area contributed by atoms with Gasteiger partial charge in [0, 0.05) is 35.7 Å². The van der Waals surface area contributed by atoms with Crippen molar-refractivity contribution in [2.24, 2.45) is 5.41 Å². The van der Waals surface area contributed by atoms with E-state index in [-0.39, 0.29) is 53.7 Å². The normalized spacial score (nSPS) is 24.5. The first kappa shape index (κ1) is 32.3. The maximum absolute atomic E-state index is 14.2. The molecular formula is C34H34BrF3N4O4. The highest BCUT2D eigenvalue weighted by molar-refractivity contribution is 9.10. The molecule has 3 aliphatic rings. The van der Waals surface area contributed by atoms with Crippen molar-refractivity contribution in [3.63, 3.8) is 0 Å². The number of benzene rings is 1. The second-order valence-electron chi connectivity index (χ2n) is 12.8. The lowest BCUT2D eigenvalue weighted by atomic mass is 9.90. The van der Waals surface area contributed by atoms with Gasteiger partial charge < -0.3 is 4.90 Å². The lowest BCUT2D eigenvalue weighted by Crippen LogP contribution is -2.45. The van der Waals surface area contributed by atoms with Crippen molar-refractivity contribution >= 4 is 50.1 Å². The lowest BCUT2D eigenvalue weighted by Gasteiger charge is -2.27. The number of halogens is 4. The minimum absolute atomic E-state index is 0.0268. The SMILES string of the molecule is CC(=O)c1nn2c3c(cc(Br)cc13)C/C=C/CCCC(=O)CC[C@@]13C[C@@H](C(=O)Cc4nc(C(F)(F)F)ccc4C)N(C(=O)C2)[C@@H]1C3. The average molecular weight is 700 g/mol. The van der Waals surface area contributed by atoms with Gasteiger partial charge in [-0.05, 0) is 80.2 Å². The van der Waals surface area contributed by atoms with Crippen LogP contribution in [0.5, 0.6) is 0 Å². The van der Waals surface area contributed by atoms with Crippen LogP contribution in [0.4, 0.5) is 13.2 Å². The molecule has 4 heterocycles. The molecule has 0 spiro atoms. The van der Waals surface area contributed by atoms with Gasteiger partial charge in [0.2, 0.25) is 5.91 Å². The summed E-state index contributed by atoms with van der Waals surface area (Å²) in [6, 6.07) is 4.78. The molecule has 2 aliphatic heterocycles. The van der Waals surface area contributed by atoms with Crippen molar-refractivity contribution in [2.45, 2.75) is 96.4 Å². The monoisotopic (exact) mass is 698 g/mol. The number of allylic oxidation sites excluding steroid dienone is 2. The third-order valence-electron chi connectivity index (χ3n) is 9.65. The fraction of sp³-hybridized carbons (Fsp3) is 0.471. The summed E-state index contributed by atoms with van der Waals surface area (Å²) >= 11 is 3.54. The number of hydrogen-bond donors (Lipinski definition) is 0. The van der Waals surface area contributed by atoms with E-state index in [1.165, 1.54) is 17.7 Å². The quantitative estimate of drug-likeness (QED) is 0.227. The van der Waals surface area contributed by atoms with Crippen LogP contribution in [0.25, 0.3) is 10.9 Å². The number of carbonyl (C=O) groups excluding carboxylic acids is 4. The molecule has 2 fully saturated rings. The van der Waals surface area contributed by atoms with Gasteiger partial charge in [-0.3, -0.25) is 23.9 Å².